The third-order valence-electron chi connectivity index (χ3n) is 2.76. The predicted molar refractivity (Wildman–Crippen MR) is 37.1 cm³/mol. The number of piperidine rings is 1. The molecule has 0 amide bonds. The summed E-state index contributed by atoms with van der Waals surface area (Å²) in [6.45, 7) is 2.38. The normalized spacial score (nSPS) is 49.7. The van der Waals surface area contributed by atoms with Crippen LogP contribution in [0.1, 0.15) is 19.3 Å². The molecule has 2 unspecified atom stereocenters. The van der Waals surface area contributed by atoms with Gasteiger partial charge in [0.2, 0.25) is 0 Å². The van der Waals surface area contributed by atoms with Gasteiger partial charge < -0.3 is 11.1 Å². The Bertz CT molecular complexity index is 116. The lowest BCUT2D eigenvalue weighted by atomic mass is 9.96. The highest BCUT2D eigenvalue weighted by Gasteiger charge is 2.51. The van der Waals surface area contributed by atoms with Crippen LogP contribution in [0.4, 0.5) is 0 Å². The molecule has 1 aliphatic carbocycles. The minimum Gasteiger partial charge on any atom is -0.327 e. The largest absolute Gasteiger partial charge is 0.327 e. The molecular weight excluding hydrogens is 112 g/mol. The van der Waals surface area contributed by atoms with E-state index >= 15 is 0 Å². The lowest BCUT2D eigenvalue weighted by Crippen LogP contribution is -2.34. The Morgan fingerprint density at radius 3 is 2.67 bits per heavy atom. The first-order valence-electron chi connectivity index (χ1n) is 3.80. The Morgan fingerprint density at radius 2 is 2.33 bits per heavy atom. The van der Waals surface area contributed by atoms with Crippen molar-refractivity contribution in [3.05, 3.63) is 0 Å². The summed E-state index contributed by atoms with van der Waals surface area (Å²) in [6, 6.07) is 0.519. The molecule has 1 saturated heterocycles. The summed E-state index contributed by atoms with van der Waals surface area (Å²) in [4.78, 5) is 0. The van der Waals surface area contributed by atoms with Gasteiger partial charge in [-0.1, -0.05) is 0 Å². The number of rotatable bonds is 0. The van der Waals surface area contributed by atoms with Gasteiger partial charge in [-0.15, -0.1) is 0 Å². The fraction of sp³-hybridized carbons (Fsp3) is 1.00. The average molecular weight is 126 g/mol. The highest BCUT2D eigenvalue weighted by atomic mass is 15.0. The first-order chi connectivity index (χ1) is 4.33. The van der Waals surface area contributed by atoms with E-state index in [2.05, 4.69) is 5.32 Å². The lowest BCUT2D eigenvalue weighted by molar-refractivity contribution is 0.347. The Balaban J connectivity index is 1.97. The predicted octanol–water partition coefficient (Wildman–Crippen LogP) is 0.0872. The van der Waals surface area contributed by atoms with Crippen molar-refractivity contribution in [2.45, 2.75) is 25.3 Å². The maximum Gasteiger partial charge on any atom is 0.0115 e. The van der Waals surface area contributed by atoms with Crippen molar-refractivity contribution in [2.75, 3.05) is 13.1 Å². The summed E-state index contributed by atoms with van der Waals surface area (Å²) in [7, 11) is 0. The lowest BCUT2D eigenvalue weighted by Gasteiger charge is -2.22. The second kappa shape index (κ2) is 1.70. The molecule has 1 saturated carbocycles. The second-order valence-electron chi connectivity index (χ2n) is 3.45. The van der Waals surface area contributed by atoms with Crippen LogP contribution >= 0.6 is 0 Å². The van der Waals surface area contributed by atoms with E-state index in [-0.39, 0.29) is 0 Å². The molecule has 0 aromatic heterocycles. The summed E-state index contributed by atoms with van der Waals surface area (Å²) < 4.78 is 0. The third-order valence-corrected chi connectivity index (χ3v) is 2.76. The molecule has 52 valence electrons. The van der Waals surface area contributed by atoms with Crippen LogP contribution in [-0.4, -0.2) is 19.1 Å². The number of nitrogens with two attached hydrogens (primary N) is 1. The van der Waals surface area contributed by atoms with Crippen molar-refractivity contribution >= 4 is 0 Å². The average Bonchev–Trinajstić information content (AvgIpc) is 2.44. The second-order valence-corrected chi connectivity index (χ2v) is 3.45. The van der Waals surface area contributed by atoms with Gasteiger partial charge in [0.15, 0.2) is 0 Å². The third kappa shape index (κ3) is 0.775. The van der Waals surface area contributed by atoms with Crippen molar-refractivity contribution in [3.8, 4) is 0 Å². The fourth-order valence-electron chi connectivity index (χ4n) is 1.86. The molecule has 1 aliphatic heterocycles. The zero-order chi connectivity index (χ0) is 6.32. The first-order valence-corrected chi connectivity index (χ1v) is 3.80. The molecule has 3 N–H and O–H groups in total. The van der Waals surface area contributed by atoms with Gasteiger partial charge in [0, 0.05) is 12.6 Å². The minimum atomic E-state index is 0.519. The highest BCUT2D eigenvalue weighted by Crippen LogP contribution is 2.48. The molecule has 9 heavy (non-hydrogen) atoms. The Labute approximate surface area is 55.8 Å². The Kier molecular flexibility index (Phi) is 1.08. The van der Waals surface area contributed by atoms with Crippen LogP contribution in [-0.2, 0) is 0 Å². The van der Waals surface area contributed by atoms with Crippen molar-refractivity contribution in [1.82, 2.24) is 5.32 Å². The molecule has 0 radical (unpaired) electrons. The molecule has 2 atom stereocenters. The van der Waals surface area contributed by atoms with E-state index in [1.807, 2.05) is 0 Å². The minimum absolute atomic E-state index is 0.519. The van der Waals surface area contributed by atoms with Crippen LogP contribution in [0.5, 0.6) is 0 Å². The summed E-state index contributed by atoms with van der Waals surface area (Å²) in [5, 5.41) is 3.39. The van der Waals surface area contributed by atoms with E-state index in [1.54, 1.807) is 0 Å². The molecule has 1 spiro atoms. The summed E-state index contributed by atoms with van der Waals surface area (Å²) in [5.41, 5.74) is 6.35. The van der Waals surface area contributed by atoms with Gasteiger partial charge >= 0.3 is 0 Å². The highest BCUT2D eigenvalue weighted by molar-refractivity contribution is 5.08. The molecular formula is C7H14N2. The Morgan fingerprint density at radius 1 is 1.56 bits per heavy atom. The van der Waals surface area contributed by atoms with Crippen molar-refractivity contribution in [1.29, 1.82) is 0 Å². The summed E-state index contributed by atoms with van der Waals surface area (Å²) >= 11 is 0. The van der Waals surface area contributed by atoms with Gasteiger partial charge in [-0.25, -0.2) is 0 Å². The van der Waals surface area contributed by atoms with Gasteiger partial charge in [-0.3, -0.25) is 0 Å². The monoisotopic (exact) mass is 126 g/mol. The molecule has 2 fully saturated rings. The molecule has 2 rings (SSSR count). The van der Waals surface area contributed by atoms with Gasteiger partial charge in [0.25, 0.3) is 0 Å². The van der Waals surface area contributed by atoms with Crippen molar-refractivity contribution < 1.29 is 0 Å². The molecule has 1 heterocycles. The van der Waals surface area contributed by atoms with Gasteiger partial charge in [-0.2, -0.15) is 0 Å². The van der Waals surface area contributed by atoms with Crippen LogP contribution in [0.15, 0.2) is 0 Å². The van der Waals surface area contributed by atoms with Crippen LogP contribution in [0.2, 0.25) is 0 Å². The zero-order valence-electron chi connectivity index (χ0n) is 5.69. The number of hydrogen-bond acceptors (Lipinski definition) is 2. The van der Waals surface area contributed by atoms with E-state index < -0.39 is 0 Å². The molecule has 0 aromatic carbocycles. The van der Waals surface area contributed by atoms with E-state index in [4.69, 9.17) is 5.73 Å². The topological polar surface area (TPSA) is 38.0 Å². The fourth-order valence-corrected chi connectivity index (χ4v) is 1.86. The van der Waals surface area contributed by atoms with Gasteiger partial charge in [0.05, 0.1) is 0 Å². The maximum absolute atomic E-state index is 5.79. The summed E-state index contributed by atoms with van der Waals surface area (Å²) in [6.07, 6.45) is 3.95. The quantitative estimate of drug-likeness (QED) is 0.482. The van der Waals surface area contributed by atoms with Crippen LogP contribution in [0, 0.1) is 5.41 Å². The standard InChI is InChI=1S/C7H14N2/c8-6-4-7(6)2-1-3-9-5-7/h6,9H,1-5,8H2. The molecule has 2 heteroatoms. The molecule has 2 nitrogen and oxygen atoms in total. The number of nitrogens with one attached hydrogen (secondary N) is 1. The zero-order valence-corrected chi connectivity index (χ0v) is 5.69. The van der Waals surface area contributed by atoms with E-state index in [0.29, 0.717) is 11.5 Å². The number of hydrogen-bond donors (Lipinski definition) is 2. The molecule has 0 aromatic rings. The van der Waals surface area contributed by atoms with E-state index in [9.17, 15) is 0 Å². The van der Waals surface area contributed by atoms with Gasteiger partial charge in [0.1, 0.15) is 0 Å². The van der Waals surface area contributed by atoms with E-state index in [1.165, 1.54) is 32.4 Å². The van der Waals surface area contributed by atoms with Crippen molar-refractivity contribution in [2.24, 2.45) is 11.1 Å². The SMILES string of the molecule is NC1CC12CCCNC2. The Hall–Kier alpha value is -0.0800. The van der Waals surface area contributed by atoms with Crippen LogP contribution in [0.3, 0.4) is 0 Å². The first kappa shape index (κ1) is 5.69. The van der Waals surface area contributed by atoms with Crippen LogP contribution in [0.25, 0.3) is 0 Å². The summed E-state index contributed by atoms with van der Waals surface area (Å²) in [5.74, 6) is 0. The van der Waals surface area contributed by atoms with E-state index in [0.717, 1.165) is 0 Å². The van der Waals surface area contributed by atoms with Crippen LogP contribution < -0.4 is 11.1 Å². The van der Waals surface area contributed by atoms with Gasteiger partial charge in [-0.05, 0) is 31.2 Å². The molecule has 0 bridgehead atoms. The molecule has 2 aliphatic rings. The maximum atomic E-state index is 5.79. The smallest absolute Gasteiger partial charge is 0.0115 e. The van der Waals surface area contributed by atoms with Crippen molar-refractivity contribution in [3.63, 3.8) is 0 Å².